The second-order valence-electron chi connectivity index (χ2n) is 6.74. The van der Waals surface area contributed by atoms with Gasteiger partial charge in [-0.1, -0.05) is 42.5 Å². The third kappa shape index (κ3) is 6.40. The first kappa shape index (κ1) is 21.5. The van der Waals surface area contributed by atoms with E-state index in [-0.39, 0.29) is 24.0 Å². The number of anilines is 2. The first-order chi connectivity index (χ1) is 15.0. The molecular formula is C23H22N4O4. The summed E-state index contributed by atoms with van der Waals surface area (Å²) >= 11 is 0. The van der Waals surface area contributed by atoms with E-state index in [0.717, 1.165) is 12.0 Å². The number of carbonyl (C=O) groups is 2. The number of carbonyl (C=O) groups excluding carboxylic acids is 2. The smallest absolute Gasteiger partial charge is 0.269 e. The number of nitro groups is 1. The van der Waals surface area contributed by atoms with Crippen molar-refractivity contribution >= 4 is 28.9 Å². The van der Waals surface area contributed by atoms with Crippen molar-refractivity contribution in [3.63, 3.8) is 0 Å². The van der Waals surface area contributed by atoms with Crippen molar-refractivity contribution in [2.45, 2.75) is 6.42 Å². The summed E-state index contributed by atoms with van der Waals surface area (Å²) in [5.74, 6) is -0.567. The van der Waals surface area contributed by atoms with Crippen LogP contribution in [0.1, 0.15) is 15.9 Å². The van der Waals surface area contributed by atoms with E-state index in [0.29, 0.717) is 23.5 Å². The van der Waals surface area contributed by atoms with E-state index in [1.165, 1.54) is 24.3 Å². The van der Waals surface area contributed by atoms with Gasteiger partial charge in [0.1, 0.15) is 0 Å². The Hall–Kier alpha value is -4.20. The van der Waals surface area contributed by atoms with E-state index in [1.807, 2.05) is 30.3 Å². The van der Waals surface area contributed by atoms with Gasteiger partial charge in [0.15, 0.2) is 0 Å². The van der Waals surface area contributed by atoms with Crippen molar-refractivity contribution in [2.75, 3.05) is 23.7 Å². The topological polar surface area (TPSA) is 113 Å². The maximum Gasteiger partial charge on any atom is 0.269 e. The van der Waals surface area contributed by atoms with Crippen molar-refractivity contribution in [3.05, 3.63) is 100 Å². The molecule has 8 nitrogen and oxygen atoms in total. The lowest BCUT2D eigenvalue weighted by Gasteiger charge is -2.12. The minimum Gasteiger partial charge on any atom is -0.376 e. The molecule has 0 heterocycles. The standard InChI is InChI=1S/C23H22N4O4/c28-22(26-18-10-12-19(13-11-18)27(30)31)16-25-21-9-5-4-8-20(21)23(29)24-15-14-17-6-2-1-3-7-17/h1-13,25H,14-16H2,(H,24,29)(H,26,28). The predicted octanol–water partition coefficient (Wildman–Crippen LogP) is 3.62. The molecule has 0 unspecified atom stereocenters. The van der Waals surface area contributed by atoms with Crippen molar-refractivity contribution in [3.8, 4) is 0 Å². The van der Waals surface area contributed by atoms with Crippen LogP contribution in [0.3, 0.4) is 0 Å². The monoisotopic (exact) mass is 418 g/mol. The molecule has 3 aromatic rings. The summed E-state index contributed by atoms with van der Waals surface area (Å²) < 4.78 is 0. The SMILES string of the molecule is O=C(CNc1ccccc1C(=O)NCCc1ccccc1)Nc1ccc([N+](=O)[O-])cc1. The Morgan fingerprint density at radius 1 is 0.871 bits per heavy atom. The third-order valence-corrected chi connectivity index (χ3v) is 4.52. The summed E-state index contributed by atoms with van der Waals surface area (Å²) in [6.07, 6.45) is 0.722. The zero-order valence-corrected chi connectivity index (χ0v) is 16.7. The van der Waals surface area contributed by atoms with Gasteiger partial charge in [0.05, 0.1) is 17.0 Å². The summed E-state index contributed by atoms with van der Waals surface area (Å²) in [4.78, 5) is 35.0. The van der Waals surface area contributed by atoms with E-state index < -0.39 is 4.92 Å². The van der Waals surface area contributed by atoms with Gasteiger partial charge in [0.25, 0.3) is 11.6 Å². The zero-order chi connectivity index (χ0) is 22.1. The van der Waals surface area contributed by atoms with Crippen LogP contribution in [0.2, 0.25) is 0 Å². The van der Waals surface area contributed by atoms with Crippen molar-refractivity contribution in [1.29, 1.82) is 0 Å². The molecule has 0 fully saturated rings. The molecule has 0 spiro atoms. The fourth-order valence-electron chi connectivity index (χ4n) is 2.94. The number of nitro benzene ring substituents is 1. The van der Waals surface area contributed by atoms with E-state index in [1.54, 1.807) is 24.3 Å². The molecule has 0 aliphatic carbocycles. The van der Waals surface area contributed by atoms with Gasteiger partial charge in [-0.15, -0.1) is 0 Å². The number of amides is 2. The molecule has 158 valence electrons. The predicted molar refractivity (Wildman–Crippen MR) is 119 cm³/mol. The van der Waals surface area contributed by atoms with Gasteiger partial charge < -0.3 is 16.0 Å². The van der Waals surface area contributed by atoms with Crippen LogP contribution in [-0.4, -0.2) is 29.8 Å². The molecule has 3 aromatic carbocycles. The molecule has 3 rings (SSSR count). The van der Waals surface area contributed by atoms with Crippen molar-refractivity contribution in [1.82, 2.24) is 5.32 Å². The van der Waals surface area contributed by atoms with E-state index in [2.05, 4.69) is 16.0 Å². The number of hydrogen-bond acceptors (Lipinski definition) is 5. The van der Waals surface area contributed by atoms with Crippen molar-refractivity contribution < 1.29 is 14.5 Å². The minimum atomic E-state index is -0.505. The maximum atomic E-state index is 12.6. The van der Waals surface area contributed by atoms with Gasteiger partial charge in [0.2, 0.25) is 5.91 Å². The highest BCUT2D eigenvalue weighted by Gasteiger charge is 2.12. The molecule has 0 aliphatic rings. The van der Waals surface area contributed by atoms with Crippen LogP contribution in [0.5, 0.6) is 0 Å². The van der Waals surface area contributed by atoms with Crippen LogP contribution in [0.15, 0.2) is 78.9 Å². The van der Waals surface area contributed by atoms with Crippen LogP contribution >= 0.6 is 0 Å². The first-order valence-electron chi connectivity index (χ1n) is 9.72. The Morgan fingerprint density at radius 3 is 2.26 bits per heavy atom. The van der Waals surface area contributed by atoms with Gasteiger partial charge in [-0.3, -0.25) is 19.7 Å². The highest BCUT2D eigenvalue weighted by molar-refractivity contribution is 6.00. The molecule has 0 saturated carbocycles. The second kappa shape index (κ2) is 10.5. The largest absolute Gasteiger partial charge is 0.376 e. The number of rotatable bonds is 9. The molecule has 0 aromatic heterocycles. The molecule has 0 bridgehead atoms. The summed E-state index contributed by atoms with van der Waals surface area (Å²) in [6.45, 7) is 0.434. The summed E-state index contributed by atoms with van der Waals surface area (Å²) in [7, 11) is 0. The lowest BCUT2D eigenvalue weighted by Crippen LogP contribution is -2.28. The Labute approximate surface area is 179 Å². The van der Waals surface area contributed by atoms with Crippen LogP contribution in [-0.2, 0) is 11.2 Å². The minimum absolute atomic E-state index is 0.0525. The number of nitrogens with zero attached hydrogens (tertiary/aromatic N) is 1. The van der Waals surface area contributed by atoms with Gasteiger partial charge in [-0.25, -0.2) is 0 Å². The van der Waals surface area contributed by atoms with Crippen LogP contribution in [0.4, 0.5) is 17.1 Å². The Kier molecular flexibility index (Phi) is 7.31. The molecule has 0 radical (unpaired) electrons. The Morgan fingerprint density at radius 2 is 1.55 bits per heavy atom. The fourth-order valence-corrected chi connectivity index (χ4v) is 2.94. The third-order valence-electron chi connectivity index (χ3n) is 4.52. The number of hydrogen-bond donors (Lipinski definition) is 3. The fraction of sp³-hybridized carbons (Fsp3) is 0.130. The lowest BCUT2D eigenvalue weighted by molar-refractivity contribution is -0.384. The summed E-state index contributed by atoms with van der Waals surface area (Å²) in [5.41, 5.74) is 2.52. The summed E-state index contributed by atoms with van der Waals surface area (Å²) in [5, 5.41) is 19.2. The van der Waals surface area contributed by atoms with Crippen LogP contribution < -0.4 is 16.0 Å². The van der Waals surface area contributed by atoms with Gasteiger partial charge in [-0.2, -0.15) is 0 Å². The highest BCUT2D eigenvalue weighted by Crippen LogP contribution is 2.17. The second-order valence-corrected chi connectivity index (χ2v) is 6.74. The summed E-state index contributed by atoms with van der Waals surface area (Å²) in [6, 6.07) is 22.4. The van der Waals surface area contributed by atoms with Crippen molar-refractivity contribution in [2.24, 2.45) is 0 Å². The average molecular weight is 418 g/mol. The molecule has 2 amide bonds. The number of benzene rings is 3. The molecule has 0 saturated heterocycles. The number of nitrogens with one attached hydrogen (secondary N) is 3. The van der Waals surface area contributed by atoms with Gasteiger partial charge in [0, 0.05) is 30.1 Å². The number of non-ortho nitro benzene ring substituents is 1. The van der Waals surface area contributed by atoms with E-state index in [4.69, 9.17) is 0 Å². The maximum absolute atomic E-state index is 12.6. The van der Waals surface area contributed by atoms with Crippen LogP contribution in [0, 0.1) is 10.1 Å². The van der Waals surface area contributed by atoms with E-state index >= 15 is 0 Å². The molecule has 3 N–H and O–H groups in total. The van der Waals surface area contributed by atoms with E-state index in [9.17, 15) is 19.7 Å². The normalized spacial score (nSPS) is 10.2. The lowest BCUT2D eigenvalue weighted by atomic mass is 10.1. The molecule has 0 aliphatic heterocycles. The Balaban J connectivity index is 1.52. The number of para-hydroxylation sites is 1. The van der Waals surface area contributed by atoms with Crippen LogP contribution in [0.25, 0.3) is 0 Å². The van der Waals surface area contributed by atoms with Gasteiger partial charge in [-0.05, 0) is 36.2 Å². The molecule has 31 heavy (non-hydrogen) atoms. The molecular weight excluding hydrogens is 396 g/mol. The molecule has 8 heteroatoms. The quantitative estimate of drug-likeness (QED) is 0.363. The highest BCUT2D eigenvalue weighted by atomic mass is 16.6. The molecule has 0 atom stereocenters. The van der Waals surface area contributed by atoms with Gasteiger partial charge >= 0.3 is 0 Å². The first-order valence-corrected chi connectivity index (χ1v) is 9.72. The zero-order valence-electron chi connectivity index (χ0n) is 16.7. The average Bonchev–Trinajstić information content (AvgIpc) is 2.79. The Bertz CT molecular complexity index is 1050.